The fraction of sp³-hybridized carbons (Fsp3) is 0.261. The summed E-state index contributed by atoms with van der Waals surface area (Å²) in [7, 11) is 1.46. The van der Waals surface area contributed by atoms with Crippen molar-refractivity contribution in [3.05, 3.63) is 77.6 Å². The van der Waals surface area contributed by atoms with Gasteiger partial charge in [0.05, 0.1) is 7.11 Å². The first-order valence-electron chi connectivity index (χ1n) is 9.47. The van der Waals surface area contributed by atoms with Crippen molar-refractivity contribution in [2.75, 3.05) is 33.3 Å². The SMILES string of the molecule is COc1ccc(CN2CCN(C(=O)c3cccc4ccccc34)CC2)cc1F. The summed E-state index contributed by atoms with van der Waals surface area (Å²) in [5.41, 5.74) is 1.66. The highest BCUT2D eigenvalue weighted by atomic mass is 19.1. The minimum absolute atomic E-state index is 0.0759. The van der Waals surface area contributed by atoms with E-state index in [0.29, 0.717) is 19.6 Å². The maximum absolute atomic E-state index is 13.9. The van der Waals surface area contributed by atoms with E-state index in [1.807, 2.05) is 53.4 Å². The summed E-state index contributed by atoms with van der Waals surface area (Å²) in [5, 5.41) is 2.07. The molecule has 0 aromatic heterocycles. The lowest BCUT2D eigenvalue weighted by Gasteiger charge is -2.35. The lowest BCUT2D eigenvalue weighted by molar-refractivity contribution is 0.0630. The van der Waals surface area contributed by atoms with E-state index in [0.717, 1.165) is 35.0 Å². The third-order valence-corrected chi connectivity index (χ3v) is 5.30. The van der Waals surface area contributed by atoms with Crippen molar-refractivity contribution < 1.29 is 13.9 Å². The molecule has 1 saturated heterocycles. The first kappa shape index (κ1) is 18.4. The van der Waals surface area contributed by atoms with Crippen LogP contribution in [0.4, 0.5) is 4.39 Å². The van der Waals surface area contributed by atoms with E-state index in [1.54, 1.807) is 6.07 Å². The lowest BCUT2D eigenvalue weighted by atomic mass is 10.0. The Balaban J connectivity index is 1.41. The maximum Gasteiger partial charge on any atom is 0.254 e. The third-order valence-electron chi connectivity index (χ3n) is 5.30. The number of hydrogen-bond donors (Lipinski definition) is 0. The number of benzene rings is 3. The van der Waals surface area contributed by atoms with Crippen LogP contribution in [0.2, 0.25) is 0 Å². The van der Waals surface area contributed by atoms with Crippen molar-refractivity contribution in [3.63, 3.8) is 0 Å². The average Bonchev–Trinajstić information content (AvgIpc) is 2.73. The molecule has 0 atom stereocenters. The molecule has 0 unspecified atom stereocenters. The van der Waals surface area contributed by atoms with Crippen molar-refractivity contribution in [1.82, 2.24) is 9.80 Å². The number of fused-ring (bicyclic) bond motifs is 1. The molecule has 28 heavy (non-hydrogen) atoms. The first-order chi connectivity index (χ1) is 13.7. The van der Waals surface area contributed by atoms with Gasteiger partial charge in [-0.15, -0.1) is 0 Å². The summed E-state index contributed by atoms with van der Waals surface area (Å²) >= 11 is 0. The van der Waals surface area contributed by atoms with Crippen molar-refractivity contribution in [2.45, 2.75) is 6.54 Å². The Hall–Kier alpha value is -2.92. The van der Waals surface area contributed by atoms with Crippen molar-refractivity contribution in [1.29, 1.82) is 0 Å². The highest BCUT2D eigenvalue weighted by Gasteiger charge is 2.23. The van der Waals surface area contributed by atoms with E-state index in [4.69, 9.17) is 4.74 Å². The molecule has 1 aliphatic rings. The van der Waals surface area contributed by atoms with Gasteiger partial charge >= 0.3 is 0 Å². The molecular formula is C23H23FN2O2. The van der Waals surface area contributed by atoms with Crippen LogP contribution >= 0.6 is 0 Å². The first-order valence-corrected chi connectivity index (χ1v) is 9.47. The molecule has 0 aliphatic carbocycles. The molecule has 4 nitrogen and oxygen atoms in total. The monoisotopic (exact) mass is 378 g/mol. The van der Waals surface area contributed by atoms with Crippen LogP contribution in [0.5, 0.6) is 5.75 Å². The number of halogens is 1. The highest BCUT2D eigenvalue weighted by molar-refractivity contribution is 6.07. The Morgan fingerprint density at radius 3 is 2.50 bits per heavy atom. The highest BCUT2D eigenvalue weighted by Crippen LogP contribution is 2.22. The second-order valence-electron chi connectivity index (χ2n) is 7.06. The number of methoxy groups -OCH3 is 1. The molecule has 1 aliphatic heterocycles. The van der Waals surface area contributed by atoms with Gasteiger partial charge in [-0.05, 0) is 34.5 Å². The van der Waals surface area contributed by atoms with Crippen LogP contribution in [0.1, 0.15) is 15.9 Å². The molecule has 0 saturated carbocycles. The van der Waals surface area contributed by atoms with Gasteiger partial charge in [0.15, 0.2) is 11.6 Å². The zero-order valence-corrected chi connectivity index (χ0v) is 15.9. The number of piperazine rings is 1. The van der Waals surface area contributed by atoms with Gasteiger partial charge in [0, 0.05) is 38.3 Å². The van der Waals surface area contributed by atoms with Crippen molar-refractivity contribution in [2.24, 2.45) is 0 Å². The van der Waals surface area contributed by atoms with Gasteiger partial charge in [-0.1, -0.05) is 42.5 Å². The Morgan fingerprint density at radius 1 is 1.00 bits per heavy atom. The molecule has 1 fully saturated rings. The second kappa shape index (κ2) is 7.98. The topological polar surface area (TPSA) is 32.8 Å². The van der Waals surface area contributed by atoms with Crippen LogP contribution in [0.25, 0.3) is 10.8 Å². The van der Waals surface area contributed by atoms with Crippen molar-refractivity contribution in [3.8, 4) is 5.75 Å². The largest absolute Gasteiger partial charge is 0.494 e. The molecule has 0 radical (unpaired) electrons. The summed E-state index contributed by atoms with van der Waals surface area (Å²) in [4.78, 5) is 17.2. The number of carbonyl (C=O) groups is 1. The number of carbonyl (C=O) groups excluding carboxylic acids is 1. The van der Waals surface area contributed by atoms with Crippen LogP contribution in [0.3, 0.4) is 0 Å². The number of ether oxygens (including phenoxy) is 1. The molecule has 0 N–H and O–H groups in total. The molecule has 3 aromatic carbocycles. The zero-order chi connectivity index (χ0) is 19.5. The molecular weight excluding hydrogens is 355 g/mol. The van der Waals surface area contributed by atoms with Gasteiger partial charge in [0.1, 0.15) is 0 Å². The number of nitrogens with zero attached hydrogens (tertiary/aromatic N) is 2. The summed E-state index contributed by atoms with van der Waals surface area (Å²) in [6.45, 7) is 3.53. The Bertz CT molecular complexity index is 992. The van der Waals surface area contributed by atoms with Crippen LogP contribution in [0.15, 0.2) is 60.7 Å². The fourth-order valence-electron chi connectivity index (χ4n) is 3.76. The molecule has 3 aromatic rings. The Morgan fingerprint density at radius 2 is 1.75 bits per heavy atom. The number of amides is 1. The van der Waals surface area contributed by atoms with Gasteiger partial charge < -0.3 is 9.64 Å². The van der Waals surface area contributed by atoms with Crippen LogP contribution in [-0.4, -0.2) is 49.0 Å². The van der Waals surface area contributed by atoms with E-state index in [9.17, 15) is 9.18 Å². The fourth-order valence-corrected chi connectivity index (χ4v) is 3.76. The molecule has 0 bridgehead atoms. The minimum atomic E-state index is -0.343. The molecule has 5 heteroatoms. The Kier molecular flexibility index (Phi) is 5.26. The summed E-state index contributed by atoms with van der Waals surface area (Å²) in [5.74, 6) is -0.00837. The zero-order valence-electron chi connectivity index (χ0n) is 15.9. The molecule has 144 valence electrons. The number of rotatable bonds is 4. The van der Waals surface area contributed by atoms with E-state index in [2.05, 4.69) is 4.90 Å². The van der Waals surface area contributed by atoms with Gasteiger partial charge in [-0.25, -0.2) is 4.39 Å². The smallest absolute Gasteiger partial charge is 0.254 e. The van der Waals surface area contributed by atoms with E-state index in [1.165, 1.54) is 13.2 Å². The van der Waals surface area contributed by atoms with E-state index in [-0.39, 0.29) is 17.5 Å². The van der Waals surface area contributed by atoms with Gasteiger partial charge in [-0.3, -0.25) is 9.69 Å². The van der Waals surface area contributed by atoms with Gasteiger partial charge in [0.25, 0.3) is 5.91 Å². The molecule has 1 heterocycles. The minimum Gasteiger partial charge on any atom is -0.494 e. The van der Waals surface area contributed by atoms with Crippen LogP contribution in [0, 0.1) is 5.82 Å². The van der Waals surface area contributed by atoms with Crippen molar-refractivity contribution >= 4 is 16.7 Å². The second-order valence-corrected chi connectivity index (χ2v) is 7.06. The standard InChI is InChI=1S/C23H23FN2O2/c1-28-22-10-9-17(15-21(22)24)16-25-11-13-26(14-12-25)23(27)20-8-4-6-18-5-2-3-7-19(18)20/h2-10,15H,11-14,16H2,1H3. The molecule has 4 rings (SSSR count). The van der Waals surface area contributed by atoms with Gasteiger partial charge in [0.2, 0.25) is 0 Å². The van der Waals surface area contributed by atoms with Crippen LogP contribution in [-0.2, 0) is 6.54 Å². The lowest BCUT2D eigenvalue weighted by Crippen LogP contribution is -2.48. The number of hydrogen-bond acceptors (Lipinski definition) is 3. The summed E-state index contributed by atoms with van der Waals surface area (Å²) in [6, 6.07) is 18.9. The summed E-state index contributed by atoms with van der Waals surface area (Å²) < 4.78 is 18.9. The third kappa shape index (κ3) is 3.71. The predicted molar refractivity (Wildman–Crippen MR) is 108 cm³/mol. The predicted octanol–water partition coefficient (Wildman–Crippen LogP) is 3.95. The van der Waals surface area contributed by atoms with E-state index >= 15 is 0 Å². The van der Waals surface area contributed by atoms with Gasteiger partial charge in [-0.2, -0.15) is 0 Å². The van der Waals surface area contributed by atoms with Crippen LogP contribution < -0.4 is 4.74 Å². The van der Waals surface area contributed by atoms with E-state index < -0.39 is 0 Å². The average molecular weight is 378 g/mol. The quantitative estimate of drug-likeness (QED) is 0.689. The Labute approximate surface area is 164 Å². The molecule has 1 amide bonds. The summed E-state index contributed by atoms with van der Waals surface area (Å²) in [6.07, 6.45) is 0. The molecule has 0 spiro atoms. The maximum atomic E-state index is 13.9. The normalized spacial score (nSPS) is 15.0.